The molecule has 0 saturated heterocycles. The zero-order valence-corrected chi connectivity index (χ0v) is 11.7. The lowest BCUT2D eigenvalue weighted by Gasteiger charge is -2.19. The standard InChI is InChI=1S/C17H20O2/c1-16(2)10-17(16,11-18)14-6-4-13-9-15(19-3)7-5-12(13)8-14/h4-9,18H,10-11H2,1-3H3. The Morgan fingerprint density at radius 2 is 1.74 bits per heavy atom. The molecule has 1 saturated carbocycles. The molecule has 100 valence electrons. The van der Waals surface area contributed by atoms with Crippen LogP contribution < -0.4 is 4.74 Å². The first-order valence-electron chi connectivity index (χ1n) is 6.72. The van der Waals surface area contributed by atoms with E-state index in [0.29, 0.717) is 0 Å². The zero-order valence-electron chi connectivity index (χ0n) is 11.7. The zero-order chi connectivity index (χ0) is 13.7. The van der Waals surface area contributed by atoms with E-state index in [2.05, 4.69) is 38.1 Å². The van der Waals surface area contributed by atoms with Gasteiger partial charge in [-0.2, -0.15) is 0 Å². The maximum absolute atomic E-state index is 9.78. The molecular formula is C17H20O2. The maximum Gasteiger partial charge on any atom is 0.119 e. The monoisotopic (exact) mass is 256 g/mol. The lowest BCUT2D eigenvalue weighted by atomic mass is 9.87. The molecule has 0 heterocycles. The second kappa shape index (κ2) is 3.97. The lowest BCUT2D eigenvalue weighted by Crippen LogP contribution is -2.19. The molecule has 2 aromatic rings. The predicted octanol–water partition coefficient (Wildman–Crippen LogP) is 3.51. The molecule has 0 bridgehead atoms. The Bertz CT molecular complexity index is 630. The molecule has 1 atom stereocenters. The molecule has 3 rings (SSSR count). The van der Waals surface area contributed by atoms with Gasteiger partial charge in [0.2, 0.25) is 0 Å². The molecule has 19 heavy (non-hydrogen) atoms. The molecule has 2 nitrogen and oxygen atoms in total. The van der Waals surface area contributed by atoms with Crippen molar-refractivity contribution in [1.82, 2.24) is 0 Å². The van der Waals surface area contributed by atoms with Crippen LogP contribution in [0, 0.1) is 5.41 Å². The molecule has 0 amide bonds. The molecule has 1 fully saturated rings. The van der Waals surface area contributed by atoms with E-state index >= 15 is 0 Å². The van der Waals surface area contributed by atoms with Crippen molar-refractivity contribution in [3.8, 4) is 5.75 Å². The molecule has 2 heteroatoms. The fraction of sp³-hybridized carbons (Fsp3) is 0.412. The largest absolute Gasteiger partial charge is 0.497 e. The smallest absolute Gasteiger partial charge is 0.119 e. The van der Waals surface area contributed by atoms with E-state index in [1.165, 1.54) is 16.3 Å². The molecule has 0 radical (unpaired) electrons. The SMILES string of the molecule is COc1ccc2cc(C3(CO)CC3(C)C)ccc2c1. The second-order valence-electron chi connectivity index (χ2n) is 6.23. The third kappa shape index (κ3) is 1.74. The molecule has 0 aromatic heterocycles. The summed E-state index contributed by atoms with van der Waals surface area (Å²) in [5, 5.41) is 12.2. The van der Waals surface area contributed by atoms with Crippen molar-refractivity contribution in [3.05, 3.63) is 42.0 Å². The van der Waals surface area contributed by atoms with Crippen LogP contribution in [0.2, 0.25) is 0 Å². The molecule has 1 N–H and O–H groups in total. The maximum atomic E-state index is 9.78. The fourth-order valence-electron chi connectivity index (χ4n) is 3.21. The number of rotatable bonds is 3. The summed E-state index contributed by atoms with van der Waals surface area (Å²) < 4.78 is 5.25. The average Bonchev–Trinajstić information content (AvgIpc) is 3.01. The van der Waals surface area contributed by atoms with Crippen molar-refractivity contribution in [2.45, 2.75) is 25.7 Å². The molecular weight excluding hydrogens is 236 g/mol. The van der Waals surface area contributed by atoms with Crippen LogP contribution in [0.4, 0.5) is 0 Å². The van der Waals surface area contributed by atoms with Crippen LogP contribution in [0.1, 0.15) is 25.8 Å². The Morgan fingerprint density at radius 3 is 2.32 bits per heavy atom. The number of aliphatic hydroxyl groups is 1. The third-order valence-electron chi connectivity index (χ3n) is 4.78. The Morgan fingerprint density at radius 1 is 1.11 bits per heavy atom. The van der Waals surface area contributed by atoms with Gasteiger partial charge in [-0.05, 0) is 40.3 Å². The van der Waals surface area contributed by atoms with E-state index in [9.17, 15) is 5.11 Å². The van der Waals surface area contributed by atoms with Gasteiger partial charge in [-0.3, -0.25) is 0 Å². The van der Waals surface area contributed by atoms with Crippen LogP contribution in [0.5, 0.6) is 5.75 Å². The summed E-state index contributed by atoms with van der Waals surface area (Å²) in [5.74, 6) is 0.879. The Labute approximate surface area is 114 Å². The number of aliphatic hydroxyl groups excluding tert-OH is 1. The van der Waals surface area contributed by atoms with Gasteiger partial charge in [-0.15, -0.1) is 0 Å². The topological polar surface area (TPSA) is 29.5 Å². The van der Waals surface area contributed by atoms with Crippen molar-refractivity contribution >= 4 is 10.8 Å². The van der Waals surface area contributed by atoms with Gasteiger partial charge in [0.25, 0.3) is 0 Å². The van der Waals surface area contributed by atoms with Crippen molar-refractivity contribution in [2.24, 2.45) is 5.41 Å². The minimum atomic E-state index is -0.0544. The van der Waals surface area contributed by atoms with Gasteiger partial charge < -0.3 is 9.84 Å². The first-order valence-corrected chi connectivity index (χ1v) is 6.72. The number of benzene rings is 2. The van der Waals surface area contributed by atoms with Crippen LogP contribution in [-0.4, -0.2) is 18.8 Å². The van der Waals surface area contributed by atoms with E-state index in [0.717, 1.165) is 12.2 Å². The number of hydrogen-bond acceptors (Lipinski definition) is 2. The van der Waals surface area contributed by atoms with Gasteiger partial charge >= 0.3 is 0 Å². The van der Waals surface area contributed by atoms with Gasteiger partial charge in [0.1, 0.15) is 5.75 Å². The van der Waals surface area contributed by atoms with E-state index in [-0.39, 0.29) is 17.4 Å². The van der Waals surface area contributed by atoms with E-state index in [4.69, 9.17) is 4.74 Å². The van der Waals surface area contributed by atoms with Crippen LogP contribution in [-0.2, 0) is 5.41 Å². The van der Waals surface area contributed by atoms with E-state index in [1.807, 2.05) is 12.1 Å². The Kier molecular flexibility index (Phi) is 2.61. The van der Waals surface area contributed by atoms with Crippen LogP contribution in [0.3, 0.4) is 0 Å². The Hall–Kier alpha value is -1.54. The number of fused-ring (bicyclic) bond motifs is 1. The Balaban J connectivity index is 2.08. The van der Waals surface area contributed by atoms with Crippen molar-refractivity contribution in [1.29, 1.82) is 0 Å². The van der Waals surface area contributed by atoms with Gasteiger partial charge in [-0.1, -0.05) is 38.1 Å². The fourth-order valence-corrected chi connectivity index (χ4v) is 3.21. The number of methoxy groups -OCH3 is 1. The van der Waals surface area contributed by atoms with Crippen molar-refractivity contribution < 1.29 is 9.84 Å². The minimum Gasteiger partial charge on any atom is -0.497 e. The molecule has 1 unspecified atom stereocenters. The van der Waals surface area contributed by atoms with Crippen LogP contribution in [0.25, 0.3) is 10.8 Å². The van der Waals surface area contributed by atoms with Gasteiger partial charge in [0, 0.05) is 5.41 Å². The lowest BCUT2D eigenvalue weighted by molar-refractivity contribution is 0.231. The summed E-state index contributed by atoms with van der Waals surface area (Å²) in [4.78, 5) is 0. The molecule has 2 aromatic carbocycles. The van der Waals surface area contributed by atoms with Crippen LogP contribution >= 0.6 is 0 Å². The van der Waals surface area contributed by atoms with E-state index in [1.54, 1.807) is 7.11 Å². The van der Waals surface area contributed by atoms with Gasteiger partial charge in [0.05, 0.1) is 13.7 Å². The first-order chi connectivity index (χ1) is 9.02. The number of hydrogen-bond donors (Lipinski definition) is 1. The molecule has 1 aliphatic carbocycles. The highest BCUT2D eigenvalue weighted by molar-refractivity contribution is 5.85. The van der Waals surface area contributed by atoms with Crippen molar-refractivity contribution in [3.63, 3.8) is 0 Å². The predicted molar refractivity (Wildman–Crippen MR) is 77.7 cm³/mol. The summed E-state index contributed by atoms with van der Waals surface area (Å²) in [7, 11) is 1.68. The highest BCUT2D eigenvalue weighted by Gasteiger charge is 2.61. The highest BCUT2D eigenvalue weighted by Crippen LogP contribution is 2.64. The highest BCUT2D eigenvalue weighted by atomic mass is 16.5. The quantitative estimate of drug-likeness (QED) is 0.910. The van der Waals surface area contributed by atoms with Gasteiger partial charge in [-0.25, -0.2) is 0 Å². The summed E-state index contributed by atoms with van der Waals surface area (Å²) in [6.45, 7) is 4.67. The minimum absolute atomic E-state index is 0.0544. The van der Waals surface area contributed by atoms with Gasteiger partial charge in [0.15, 0.2) is 0 Å². The third-order valence-corrected chi connectivity index (χ3v) is 4.78. The number of ether oxygens (including phenoxy) is 1. The molecule has 0 spiro atoms. The van der Waals surface area contributed by atoms with E-state index < -0.39 is 0 Å². The van der Waals surface area contributed by atoms with Crippen LogP contribution in [0.15, 0.2) is 36.4 Å². The van der Waals surface area contributed by atoms with Crippen molar-refractivity contribution in [2.75, 3.05) is 13.7 Å². The molecule has 1 aliphatic rings. The normalized spacial score (nSPS) is 24.4. The average molecular weight is 256 g/mol. The first kappa shape index (κ1) is 12.5. The second-order valence-corrected chi connectivity index (χ2v) is 6.23. The summed E-state index contributed by atoms with van der Waals surface area (Å²) in [6, 6.07) is 12.6. The summed E-state index contributed by atoms with van der Waals surface area (Å²) in [5.41, 5.74) is 1.39. The summed E-state index contributed by atoms with van der Waals surface area (Å²) in [6.07, 6.45) is 1.05. The summed E-state index contributed by atoms with van der Waals surface area (Å²) >= 11 is 0. The molecule has 0 aliphatic heterocycles.